The van der Waals surface area contributed by atoms with E-state index in [4.69, 9.17) is 9.47 Å². The molecule has 0 unspecified atom stereocenters. The second kappa shape index (κ2) is 8.48. The smallest absolute Gasteiger partial charge is 0.243 e. The highest BCUT2D eigenvalue weighted by atomic mass is 32.2. The molecule has 1 N–H and O–H groups in total. The average molecular weight is 399 g/mol. The third kappa shape index (κ3) is 5.35. The van der Waals surface area contributed by atoms with Crippen LogP contribution >= 0.6 is 0 Å². The average Bonchev–Trinajstić information content (AvgIpc) is 2.64. The van der Waals surface area contributed by atoms with Crippen LogP contribution < -0.4 is 14.8 Å². The second-order valence-electron chi connectivity index (χ2n) is 8.00. The zero-order valence-corrected chi connectivity index (χ0v) is 17.6. The van der Waals surface area contributed by atoms with Crippen LogP contribution in [0.25, 0.3) is 0 Å². The number of ether oxygens (including phenoxy) is 2. The fourth-order valence-electron chi connectivity index (χ4n) is 3.00. The van der Waals surface area contributed by atoms with Gasteiger partial charge in [-0.25, -0.2) is 8.42 Å². The first kappa shape index (κ1) is 21.5. The van der Waals surface area contributed by atoms with Crippen LogP contribution in [-0.4, -0.2) is 52.5 Å². The van der Waals surface area contributed by atoms with Crippen LogP contribution in [0.3, 0.4) is 0 Å². The number of methoxy groups -OCH3 is 2. The molecule has 1 saturated heterocycles. The number of amides is 1. The summed E-state index contributed by atoms with van der Waals surface area (Å²) >= 11 is 0. The van der Waals surface area contributed by atoms with Crippen molar-refractivity contribution < 1.29 is 22.7 Å². The fourth-order valence-corrected chi connectivity index (χ4v) is 4.54. The predicted molar refractivity (Wildman–Crippen MR) is 103 cm³/mol. The minimum atomic E-state index is -3.71. The quantitative estimate of drug-likeness (QED) is 0.795. The molecule has 0 radical (unpaired) electrons. The molecule has 7 nitrogen and oxygen atoms in total. The molecule has 1 aliphatic heterocycles. The van der Waals surface area contributed by atoms with E-state index < -0.39 is 10.0 Å². The predicted octanol–water partition coefficient (Wildman–Crippen LogP) is 2.27. The third-order valence-electron chi connectivity index (χ3n) is 4.54. The molecule has 1 aromatic rings. The van der Waals surface area contributed by atoms with Gasteiger partial charge in [0.1, 0.15) is 0 Å². The number of sulfonamides is 1. The third-order valence-corrected chi connectivity index (χ3v) is 6.40. The number of hydrogen-bond acceptors (Lipinski definition) is 5. The van der Waals surface area contributed by atoms with Crippen LogP contribution in [0.1, 0.15) is 33.6 Å². The fraction of sp³-hybridized carbons (Fsp3) is 0.632. The number of nitrogens with zero attached hydrogens (tertiary/aromatic N) is 1. The SMILES string of the molecule is COc1ccc(S(=O)(=O)N2CCC[C@@H](C(=O)NCC(C)(C)C)C2)cc1OC. The lowest BCUT2D eigenvalue weighted by molar-refractivity contribution is -0.126. The molecule has 0 saturated carbocycles. The minimum absolute atomic E-state index is 0.0181. The van der Waals surface area contributed by atoms with E-state index in [1.54, 1.807) is 6.07 Å². The summed E-state index contributed by atoms with van der Waals surface area (Å²) in [7, 11) is -0.751. The number of hydrogen-bond donors (Lipinski definition) is 1. The van der Waals surface area contributed by atoms with Crippen molar-refractivity contribution in [1.29, 1.82) is 0 Å². The molecule has 1 aromatic carbocycles. The van der Waals surface area contributed by atoms with E-state index in [2.05, 4.69) is 5.32 Å². The van der Waals surface area contributed by atoms with Crippen LogP contribution in [0.4, 0.5) is 0 Å². The zero-order chi connectivity index (χ0) is 20.2. The highest BCUT2D eigenvalue weighted by Crippen LogP contribution is 2.32. The molecular weight excluding hydrogens is 368 g/mol. The van der Waals surface area contributed by atoms with Crippen LogP contribution in [0, 0.1) is 11.3 Å². The molecule has 1 amide bonds. The lowest BCUT2D eigenvalue weighted by Crippen LogP contribution is -2.46. The summed E-state index contributed by atoms with van der Waals surface area (Å²) in [4.78, 5) is 12.6. The lowest BCUT2D eigenvalue weighted by atomic mass is 9.95. The first-order chi connectivity index (χ1) is 12.6. The van der Waals surface area contributed by atoms with Gasteiger partial charge in [0.15, 0.2) is 11.5 Å². The standard InChI is InChI=1S/C19H30N2O5S/c1-19(2,3)13-20-18(22)14-7-6-10-21(12-14)27(23,24)15-8-9-16(25-4)17(11-15)26-5/h8-9,11,14H,6-7,10,12-13H2,1-5H3,(H,20,22)/t14-/m1/s1. The van der Waals surface area contributed by atoms with Gasteiger partial charge in [-0.15, -0.1) is 0 Å². The Morgan fingerprint density at radius 2 is 1.89 bits per heavy atom. The van der Waals surface area contributed by atoms with Gasteiger partial charge in [0.05, 0.1) is 25.0 Å². The Labute approximate surface area is 162 Å². The minimum Gasteiger partial charge on any atom is -0.493 e. The summed E-state index contributed by atoms with van der Waals surface area (Å²) < 4.78 is 37.8. The van der Waals surface area contributed by atoms with Crippen LogP contribution in [-0.2, 0) is 14.8 Å². The van der Waals surface area contributed by atoms with Crippen molar-refractivity contribution in [2.24, 2.45) is 11.3 Å². The number of piperidine rings is 1. The van der Waals surface area contributed by atoms with E-state index in [1.165, 1.54) is 30.7 Å². The number of nitrogens with one attached hydrogen (secondary N) is 1. The van der Waals surface area contributed by atoms with Gasteiger partial charge in [-0.05, 0) is 30.4 Å². The summed E-state index contributed by atoms with van der Waals surface area (Å²) in [6, 6.07) is 4.53. The van der Waals surface area contributed by atoms with Crippen molar-refractivity contribution in [2.75, 3.05) is 33.9 Å². The van der Waals surface area contributed by atoms with E-state index in [0.29, 0.717) is 37.4 Å². The Balaban J connectivity index is 2.15. The first-order valence-electron chi connectivity index (χ1n) is 9.08. The van der Waals surface area contributed by atoms with E-state index in [9.17, 15) is 13.2 Å². The van der Waals surface area contributed by atoms with Crippen molar-refractivity contribution in [3.63, 3.8) is 0 Å². The Morgan fingerprint density at radius 1 is 1.22 bits per heavy atom. The normalized spacial score (nSPS) is 18.8. The molecule has 0 spiro atoms. The van der Waals surface area contributed by atoms with Gasteiger partial charge in [-0.3, -0.25) is 4.79 Å². The summed E-state index contributed by atoms with van der Waals surface area (Å²) in [5.74, 6) is 0.401. The largest absolute Gasteiger partial charge is 0.493 e. The van der Waals surface area contributed by atoms with Gasteiger partial charge in [0, 0.05) is 25.7 Å². The summed E-state index contributed by atoms with van der Waals surface area (Å²) in [5.41, 5.74) is -0.0181. The molecule has 1 fully saturated rings. The van der Waals surface area contributed by atoms with Crippen molar-refractivity contribution in [1.82, 2.24) is 9.62 Å². The molecule has 1 heterocycles. The molecule has 0 aliphatic carbocycles. The van der Waals surface area contributed by atoms with Gasteiger partial charge < -0.3 is 14.8 Å². The van der Waals surface area contributed by atoms with E-state index >= 15 is 0 Å². The van der Waals surface area contributed by atoms with Crippen molar-refractivity contribution >= 4 is 15.9 Å². The molecule has 1 atom stereocenters. The Bertz CT molecular complexity index is 771. The first-order valence-corrected chi connectivity index (χ1v) is 10.5. The highest BCUT2D eigenvalue weighted by Gasteiger charge is 2.34. The summed E-state index contributed by atoms with van der Waals surface area (Å²) in [5, 5.41) is 2.94. The topological polar surface area (TPSA) is 84.9 Å². The summed E-state index contributed by atoms with van der Waals surface area (Å²) in [6.07, 6.45) is 1.34. The molecule has 2 rings (SSSR count). The molecular formula is C19H30N2O5S. The highest BCUT2D eigenvalue weighted by molar-refractivity contribution is 7.89. The molecule has 8 heteroatoms. The van der Waals surface area contributed by atoms with E-state index in [0.717, 1.165) is 0 Å². The zero-order valence-electron chi connectivity index (χ0n) is 16.7. The van der Waals surface area contributed by atoms with E-state index in [-0.39, 0.29) is 28.7 Å². The monoisotopic (exact) mass is 398 g/mol. The van der Waals surface area contributed by atoms with Gasteiger partial charge in [0.2, 0.25) is 15.9 Å². The Morgan fingerprint density at radius 3 is 2.48 bits per heavy atom. The van der Waals surface area contributed by atoms with Crippen LogP contribution in [0.15, 0.2) is 23.1 Å². The van der Waals surface area contributed by atoms with Crippen LogP contribution in [0.2, 0.25) is 0 Å². The van der Waals surface area contributed by atoms with Crippen LogP contribution in [0.5, 0.6) is 11.5 Å². The maximum atomic E-state index is 13.0. The lowest BCUT2D eigenvalue weighted by Gasteiger charge is -2.32. The molecule has 0 aromatic heterocycles. The van der Waals surface area contributed by atoms with Gasteiger partial charge in [-0.1, -0.05) is 20.8 Å². The Hall–Kier alpha value is -1.80. The Kier molecular flexibility index (Phi) is 6.75. The van der Waals surface area contributed by atoms with Crippen molar-refractivity contribution in [2.45, 2.75) is 38.5 Å². The number of carbonyl (C=O) groups excluding carboxylic acids is 1. The molecule has 1 aliphatic rings. The summed E-state index contributed by atoms with van der Waals surface area (Å²) in [6.45, 7) is 7.28. The van der Waals surface area contributed by atoms with Crippen molar-refractivity contribution in [3.05, 3.63) is 18.2 Å². The molecule has 152 valence electrons. The number of benzene rings is 1. The van der Waals surface area contributed by atoms with Gasteiger partial charge >= 0.3 is 0 Å². The molecule has 27 heavy (non-hydrogen) atoms. The van der Waals surface area contributed by atoms with Gasteiger partial charge in [0.25, 0.3) is 0 Å². The second-order valence-corrected chi connectivity index (χ2v) is 9.94. The maximum absolute atomic E-state index is 13.0. The van der Waals surface area contributed by atoms with Crippen molar-refractivity contribution in [3.8, 4) is 11.5 Å². The molecule has 0 bridgehead atoms. The number of carbonyl (C=O) groups is 1. The maximum Gasteiger partial charge on any atom is 0.243 e. The van der Waals surface area contributed by atoms with Gasteiger partial charge in [-0.2, -0.15) is 4.31 Å². The number of rotatable bonds is 6. The van der Waals surface area contributed by atoms with E-state index in [1.807, 2.05) is 20.8 Å².